The van der Waals surface area contributed by atoms with E-state index in [1.165, 1.54) is 0 Å². The Hall–Kier alpha value is -1.56. The number of benzene rings is 2. The van der Waals surface area contributed by atoms with E-state index in [1.807, 2.05) is 42.5 Å². The third kappa shape index (κ3) is 4.46. The van der Waals surface area contributed by atoms with Crippen molar-refractivity contribution in [2.24, 2.45) is 0 Å². The van der Waals surface area contributed by atoms with Crippen LogP contribution in [0, 0.1) is 3.57 Å². The number of nitrogens with one attached hydrogen (secondary N) is 1. The smallest absolute Gasteiger partial charge is 0.259 e. The van der Waals surface area contributed by atoms with Gasteiger partial charge in [-0.05, 0) is 53.3 Å². The summed E-state index contributed by atoms with van der Waals surface area (Å²) < 4.78 is 6.71. The predicted octanol–water partition coefficient (Wildman–Crippen LogP) is 4.72. The maximum atomic E-state index is 12.4. The van der Waals surface area contributed by atoms with Crippen molar-refractivity contribution < 1.29 is 9.53 Å². The maximum Gasteiger partial charge on any atom is 0.259 e. The van der Waals surface area contributed by atoms with Gasteiger partial charge in [-0.15, -0.1) is 0 Å². The first-order valence-corrected chi connectivity index (χ1v) is 8.08. The van der Waals surface area contributed by atoms with Crippen LogP contribution in [0.2, 0.25) is 0 Å². The first-order valence-electron chi connectivity index (χ1n) is 7.00. The summed E-state index contributed by atoms with van der Waals surface area (Å²) in [5, 5.41) is 2.93. The predicted molar refractivity (Wildman–Crippen MR) is 94.0 cm³/mol. The Labute approximate surface area is 138 Å². The van der Waals surface area contributed by atoms with Gasteiger partial charge in [-0.2, -0.15) is 0 Å². The van der Waals surface area contributed by atoms with Gasteiger partial charge >= 0.3 is 0 Å². The van der Waals surface area contributed by atoms with Crippen molar-refractivity contribution in [3.63, 3.8) is 0 Å². The Morgan fingerprint density at radius 2 is 1.86 bits per heavy atom. The van der Waals surface area contributed by atoms with E-state index in [9.17, 15) is 4.79 Å². The van der Waals surface area contributed by atoms with Gasteiger partial charge < -0.3 is 10.1 Å². The van der Waals surface area contributed by atoms with Gasteiger partial charge in [0.15, 0.2) is 0 Å². The zero-order valence-corrected chi connectivity index (χ0v) is 14.1. The van der Waals surface area contributed by atoms with Gasteiger partial charge in [0, 0.05) is 3.57 Å². The van der Waals surface area contributed by atoms with Crippen molar-refractivity contribution in [1.29, 1.82) is 0 Å². The Bertz CT molecular complexity index is 613. The van der Waals surface area contributed by atoms with Crippen molar-refractivity contribution in [2.45, 2.75) is 19.8 Å². The molecule has 2 aromatic carbocycles. The highest BCUT2D eigenvalue weighted by atomic mass is 127. The first kappa shape index (κ1) is 15.8. The average Bonchev–Trinajstić information content (AvgIpc) is 2.50. The minimum Gasteiger partial charge on any atom is -0.493 e. The van der Waals surface area contributed by atoms with Crippen molar-refractivity contribution in [2.75, 3.05) is 11.9 Å². The summed E-state index contributed by atoms with van der Waals surface area (Å²) in [7, 11) is 0. The molecule has 2 aromatic rings. The average molecular weight is 395 g/mol. The van der Waals surface area contributed by atoms with Crippen molar-refractivity contribution in [3.8, 4) is 5.75 Å². The molecule has 3 nitrogen and oxygen atoms in total. The number of hydrogen-bond donors (Lipinski definition) is 1. The first-order chi connectivity index (χ1) is 10.2. The van der Waals surface area contributed by atoms with E-state index in [1.54, 1.807) is 6.07 Å². The second-order valence-electron chi connectivity index (χ2n) is 4.63. The fraction of sp³-hybridized carbons (Fsp3) is 0.235. The monoisotopic (exact) mass is 395 g/mol. The molecule has 0 bridgehead atoms. The summed E-state index contributed by atoms with van der Waals surface area (Å²) in [6.07, 6.45) is 2.04. The molecule has 2 rings (SSSR count). The molecule has 0 aliphatic carbocycles. The topological polar surface area (TPSA) is 38.3 Å². The minimum atomic E-state index is -0.147. The van der Waals surface area contributed by atoms with Gasteiger partial charge in [-0.3, -0.25) is 4.79 Å². The number of carbonyl (C=O) groups excluding carboxylic acids is 1. The van der Waals surface area contributed by atoms with Crippen molar-refractivity contribution >= 4 is 34.2 Å². The fourth-order valence-corrected chi connectivity index (χ4v) is 2.38. The number of ether oxygens (including phenoxy) is 1. The van der Waals surface area contributed by atoms with E-state index in [-0.39, 0.29) is 5.91 Å². The van der Waals surface area contributed by atoms with Crippen LogP contribution in [0.1, 0.15) is 30.1 Å². The highest BCUT2D eigenvalue weighted by molar-refractivity contribution is 14.1. The standard InChI is InChI=1S/C17H18INO2/c1-2-3-12-21-16-11-7-4-8-13(16)17(20)19-15-10-6-5-9-14(15)18/h4-11H,2-3,12H2,1H3,(H,19,20). The van der Waals surface area contributed by atoms with Gasteiger partial charge in [0.05, 0.1) is 17.9 Å². The lowest BCUT2D eigenvalue weighted by Gasteiger charge is -2.12. The number of anilines is 1. The van der Waals surface area contributed by atoms with Crippen LogP contribution in [0.25, 0.3) is 0 Å². The van der Waals surface area contributed by atoms with Gasteiger partial charge in [-0.1, -0.05) is 37.6 Å². The molecule has 0 saturated carbocycles. The second kappa shape index (κ2) is 8.02. The number of rotatable bonds is 6. The van der Waals surface area contributed by atoms with E-state index in [0.29, 0.717) is 17.9 Å². The molecular weight excluding hydrogens is 377 g/mol. The van der Waals surface area contributed by atoms with Crippen LogP contribution in [0.4, 0.5) is 5.69 Å². The highest BCUT2D eigenvalue weighted by Crippen LogP contribution is 2.22. The molecule has 0 unspecified atom stereocenters. The maximum absolute atomic E-state index is 12.4. The van der Waals surface area contributed by atoms with E-state index < -0.39 is 0 Å². The summed E-state index contributed by atoms with van der Waals surface area (Å²) >= 11 is 2.20. The zero-order valence-electron chi connectivity index (χ0n) is 11.9. The van der Waals surface area contributed by atoms with Crippen LogP contribution in [0.3, 0.4) is 0 Å². The normalized spacial score (nSPS) is 10.2. The van der Waals surface area contributed by atoms with Crippen LogP contribution in [0.15, 0.2) is 48.5 Å². The Morgan fingerprint density at radius 3 is 2.62 bits per heavy atom. The summed E-state index contributed by atoms with van der Waals surface area (Å²) in [6, 6.07) is 15.0. The van der Waals surface area contributed by atoms with Crippen molar-refractivity contribution in [1.82, 2.24) is 0 Å². The zero-order chi connectivity index (χ0) is 15.1. The van der Waals surface area contributed by atoms with Crippen LogP contribution >= 0.6 is 22.6 Å². The van der Waals surface area contributed by atoms with Gasteiger partial charge in [0.2, 0.25) is 0 Å². The summed E-state index contributed by atoms with van der Waals surface area (Å²) in [5.41, 5.74) is 1.37. The Morgan fingerprint density at radius 1 is 1.14 bits per heavy atom. The van der Waals surface area contributed by atoms with Gasteiger partial charge in [-0.25, -0.2) is 0 Å². The molecule has 0 aliphatic heterocycles. The summed E-state index contributed by atoms with van der Waals surface area (Å²) in [6.45, 7) is 2.74. The number of para-hydroxylation sites is 2. The minimum absolute atomic E-state index is 0.147. The lowest BCUT2D eigenvalue weighted by molar-refractivity contribution is 0.102. The number of amides is 1. The Kier molecular flexibility index (Phi) is 6.04. The molecule has 0 atom stereocenters. The third-order valence-corrected chi connectivity index (χ3v) is 3.95. The Balaban J connectivity index is 2.13. The lowest BCUT2D eigenvalue weighted by Crippen LogP contribution is -2.14. The van der Waals surface area contributed by atoms with Crippen LogP contribution < -0.4 is 10.1 Å². The van der Waals surface area contributed by atoms with E-state index in [2.05, 4.69) is 34.8 Å². The number of hydrogen-bond acceptors (Lipinski definition) is 2. The number of unbranched alkanes of at least 4 members (excludes halogenated alkanes) is 1. The van der Waals surface area contributed by atoms with Crippen LogP contribution in [-0.4, -0.2) is 12.5 Å². The van der Waals surface area contributed by atoms with E-state index in [0.717, 1.165) is 22.1 Å². The number of halogens is 1. The van der Waals surface area contributed by atoms with Crippen LogP contribution in [0.5, 0.6) is 5.75 Å². The largest absolute Gasteiger partial charge is 0.493 e. The van der Waals surface area contributed by atoms with Crippen molar-refractivity contribution in [3.05, 3.63) is 57.7 Å². The molecule has 0 aliphatic rings. The molecule has 110 valence electrons. The van der Waals surface area contributed by atoms with Crippen LogP contribution in [-0.2, 0) is 0 Å². The molecular formula is C17H18INO2. The molecule has 0 saturated heterocycles. The van der Waals surface area contributed by atoms with Gasteiger partial charge in [0.1, 0.15) is 5.75 Å². The SMILES string of the molecule is CCCCOc1ccccc1C(=O)Nc1ccccc1I. The summed E-state index contributed by atoms with van der Waals surface area (Å²) in [4.78, 5) is 12.4. The quantitative estimate of drug-likeness (QED) is 0.568. The highest BCUT2D eigenvalue weighted by Gasteiger charge is 2.13. The fourth-order valence-electron chi connectivity index (χ4n) is 1.86. The molecule has 0 aromatic heterocycles. The molecule has 4 heteroatoms. The molecule has 21 heavy (non-hydrogen) atoms. The van der Waals surface area contributed by atoms with E-state index in [4.69, 9.17) is 4.74 Å². The molecule has 0 spiro atoms. The lowest BCUT2D eigenvalue weighted by atomic mass is 10.2. The molecule has 1 amide bonds. The molecule has 0 heterocycles. The molecule has 1 N–H and O–H groups in total. The number of carbonyl (C=O) groups is 1. The third-order valence-electron chi connectivity index (χ3n) is 3.01. The molecule has 0 radical (unpaired) electrons. The van der Waals surface area contributed by atoms with Gasteiger partial charge in [0.25, 0.3) is 5.91 Å². The second-order valence-corrected chi connectivity index (χ2v) is 5.79. The molecule has 0 fully saturated rings. The summed E-state index contributed by atoms with van der Waals surface area (Å²) in [5.74, 6) is 0.487. The van der Waals surface area contributed by atoms with E-state index >= 15 is 0 Å².